The Hall–Kier alpha value is -3.88. The molecule has 0 bridgehead atoms. The van der Waals surface area contributed by atoms with E-state index in [4.69, 9.17) is 0 Å². The summed E-state index contributed by atoms with van der Waals surface area (Å²) in [5, 5.41) is 17.1. The van der Waals surface area contributed by atoms with E-state index in [2.05, 4.69) is 10.2 Å². The van der Waals surface area contributed by atoms with Crippen molar-refractivity contribution in [3.8, 4) is 5.69 Å². The zero-order chi connectivity index (χ0) is 19.8. The van der Waals surface area contributed by atoms with Crippen molar-refractivity contribution in [1.29, 1.82) is 0 Å². The standard InChI is InChI=1S/C19H12F2N4O3/c20-15-7-13-17(8-16(15)21)24(10-14(18(13)26)19(27)28)12-3-1-11(2-4-12)9-25-22-5-6-23-25/h1-8,10H,9H2,(H,27,28). The van der Waals surface area contributed by atoms with E-state index in [1.807, 2.05) is 0 Å². The van der Waals surface area contributed by atoms with E-state index < -0.39 is 28.6 Å². The summed E-state index contributed by atoms with van der Waals surface area (Å²) in [7, 11) is 0. The van der Waals surface area contributed by atoms with Crippen LogP contribution in [0.2, 0.25) is 0 Å². The van der Waals surface area contributed by atoms with Gasteiger partial charge in [-0.2, -0.15) is 15.0 Å². The number of nitrogens with zero attached hydrogens (tertiary/aromatic N) is 4. The first-order chi connectivity index (χ1) is 13.4. The largest absolute Gasteiger partial charge is 0.477 e. The number of carboxylic acids is 1. The Balaban J connectivity index is 1.87. The number of hydrogen-bond donors (Lipinski definition) is 1. The van der Waals surface area contributed by atoms with Crippen molar-refractivity contribution in [3.05, 3.63) is 88.0 Å². The van der Waals surface area contributed by atoms with Gasteiger partial charge in [0.2, 0.25) is 5.43 Å². The molecule has 0 saturated heterocycles. The molecule has 0 atom stereocenters. The van der Waals surface area contributed by atoms with Gasteiger partial charge in [-0.3, -0.25) is 4.79 Å². The van der Waals surface area contributed by atoms with Gasteiger partial charge < -0.3 is 9.67 Å². The van der Waals surface area contributed by atoms with Crippen LogP contribution in [0.25, 0.3) is 16.6 Å². The molecule has 140 valence electrons. The predicted molar refractivity (Wildman–Crippen MR) is 95.5 cm³/mol. The summed E-state index contributed by atoms with van der Waals surface area (Å²) in [4.78, 5) is 25.3. The van der Waals surface area contributed by atoms with Crippen LogP contribution in [0.5, 0.6) is 0 Å². The summed E-state index contributed by atoms with van der Waals surface area (Å²) in [6.45, 7) is 0.429. The first-order valence-electron chi connectivity index (χ1n) is 8.15. The minimum atomic E-state index is -1.45. The van der Waals surface area contributed by atoms with Gasteiger partial charge in [0.1, 0.15) is 5.56 Å². The smallest absolute Gasteiger partial charge is 0.341 e. The molecule has 1 N–H and O–H groups in total. The summed E-state index contributed by atoms with van der Waals surface area (Å²) >= 11 is 0. The molecule has 4 rings (SSSR count). The zero-order valence-corrected chi connectivity index (χ0v) is 14.2. The maximum absolute atomic E-state index is 13.8. The third-order valence-electron chi connectivity index (χ3n) is 4.28. The number of carbonyl (C=O) groups is 1. The molecule has 2 aromatic heterocycles. The molecular formula is C19H12F2N4O3. The van der Waals surface area contributed by atoms with Gasteiger partial charge >= 0.3 is 5.97 Å². The van der Waals surface area contributed by atoms with Gasteiger partial charge in [-0.15, -0.1) is 0 Å². The molecule has 9 heteroatoms. The summed E-state index contributed by atoms with van der Waals surface area (Å²) in [6, 6.07) is 8.48. The molecule has 0 radical (unpaired) electrons. The average Bonchev–Trinajstić information content (AvgIpc) is 3.17. The van der Waals surface area contributed by atoms with Crippen LogP contribution >= 0.6 is 0 Å². The van der Waals surface area contributed by atoms with Crippen LogP contribution in [0.15, 0.2) is 59.8 Å². The molecule has 0 amide bonds. The predicted octanol–water partition coefficient (Wildman–Crippen LogP) is 2.61. The number of carboxylic acid groups (broad SMARTS) is 1. The SMILES string of the molecule is O=C(O)c1cn(-c2ccc(Cn3nccn3)cc2)c2cc(F)c(F)cc2c1=O. The van der Waals surface area contributed by atoms with Crippen LogP contribution in [-0.2, 0) is 6.54 Å². The molecule has 7 nitrogen and oxygen atoms in total. The van der Waals surface area contributed by atoms with Crippen molar-refractivity contribution in [2.24, 2.45) is 0 Å². The molecule has 2 heterocycles. The fourth-order valence-electron chi connectivity index (χ4n) is 2.94. The van der Waals surface area contributed by atoms with E-state index in [1.165, 1.54) is 9.36 Å². The van der Waals surface area contributed by atoms with Crippen molar-refractivity contribution in [2.75, 3.05) is 0 Å². The molecule has 4 aromatic rings. The quantitative estimate of drug-likeness (QED) is 0.586. The van der Waals surface area contributed by atoms with E-state index in [9.17, 15) is 23.5 Å². The first-order valence-corrected chi connectivity index (χ1v) is 8.15. The Morgan fingerprint density at radius 1 is 1.04 bits per heavy atom. The minimum Gasteiger partial charge on any atom is -0.477 e. The van der Waals surface area contributed by atoms with Crippen molar-refractivity contribution in [2.45, 2.75) is 6.54 Å². The molecule has 0 aliphatic rings. The van der Waals surface area contributed by atoms with Crippen molar-refractivity contribution >= 4 is 16.9 Å². The third kappa shape index (κ3) is 3.02. The van der Waals surface area contributed by atoms with E-state index in [0.29, 0.717) is 18.3 Å². The number of pyridine rings is 1. The normalized spacial score (nSPS) is 11.1. The van der Waals surface area contributed by atoms with E-state index in [1.54, 1.807) is 36.7 Å². The van der Waals surface area contributed by atoms with Crippen LogP contribution < -0.4 is 5.43 Å². The fraction of sp³-hybridized carbons (Fsp3) is 0.0526. The first kappa shape index (κ1) is 17.5. The lowest BCUT2D eigenvalue weighted by Crippen LogP contribution is -2.19. The minimum absolute atomic E-state index is 0.0652. The highest BCUT2D eigenvalue weighted by Gasteiger charge is 2.17. The van der Waals surface area contributed by atoms with Crippen LogP contribution in [0.1, 0.15) is 15.9 Å². The molecule has 0 aliphatic carbocycles. The lowest BCUT2D eigenvalue weighted by Gasteiger charge is -2.13. The highest BCUT2D eigenvalue weighted by atomic mass is 19.2. The molecule has 0 fully saturated rings. The monoisotopic (exact) mass is 382 g/mol. The second kappa shape index (κ2) is 6.69. The van der Waals surface area contributed by atoms with Gasteiger partial charge in [-0.25, -0.2) is 13.6 Å². The van der Waals surface area contributed by atoms with Crippen LogP contribution in [-0.4, -0.2) is 30.6 Å². The maximum atomic E-state index is 13.8. The Labute approximate surface area is 156 Å². The molecule has 0 spiro atoms. The molecule has 0 unspecified atom stereocenters. The molecule has 0 aliphatic heterocycles. The van der Waals surface area contributed by atoms with E-state index >= 15 is 0 Å². The highest BCUT2D eigenvalue weighted by Crippen LogP contribution is 2.21. The number of hydrogen-bond acceptors (Lipinski definition) is 4. The van der Waals surface area contributed by atoms with Gasteiger partial charge in [-0.1, -0.05) is 12.1 Å². The average molecular weight is 382 g/mol. The van der Waals surface area contributed by atoms with Crippen molar-refractivity contribution < 1.29 is 18.7 Å². The topological polar surface area (TPSA) is 90.0 Å². The number of halogens is 2. The molecule has 0 saturated carbocycles. The summed E-state index contributed by atoms with van der Waals surface area (Å²) in [5.74, 6) is -3.81. The second-order valence-corrected chi connectivity index (χ2v) is 6.06. The maximum Gasteiger partial charge on any atom is 0.341 e. The molecule has 28 heavy (non-hydrogen) atoms. The van der Waals surface area contributed by atoms with E-state index in [0.717, 1.165) is 17.8 Å². The number of fused-ring (bicyclic) bond motifs is 1. The third-order valence-corrected chi connectivity index (χ3v) is 4.28. The number of aromatic carboxylic acids is 1. The Morgan fingerprint density at radius 3 is 2.32 bits per heavy atom. The van der Waals surface area contributed by atoms with Crippen LogP contribution in [0.4, 0.5) is 8.78 Å². The lowest BCUT2D eigenvalue weighted by atomic mass is 10.1. The van der Waals surface area contributed by atoms with E-state index in [-0.39, 0.29) is 10.9 Å². The number of rotatable bonds is 4. The van der Waals surface area contributed by atoms with Gasteiger partial charge in [0, 0.05) is 18.0 Å². The Bertz CT molecular complexity index is 1250. The molecular weight excluding hydrogens is 370 g/mol. The van der Waals surface area contributed by atoms with Gasteiger partial charge in [0.05, 0.1) is 29.8 Å². The highest BCUT2D eigenvalue weighted by molar-refractivity contribution is 5.93. The van der Waals surface area contributed by atoms with Crippen molar-refractivity contribution in [1.82, 2.24) is 19.6 Å². The number of aromatic nitrogens is 4. The van der Waals surface area contributed by atoms with Crippen LogP contribution in [0, 0.1) is 11.6 Å². The van der Waals surface area contributed by atoms with Crippen molar-refractivity contribution in [3.63, 3.8) is 0 Å². The summed E-state index contributed by atoms with van der Waals surface area (Å²) < 4.78 is 28.8. The van der Waals surface area contributed by atoms with Gasteiger partial charge in [-0.05, 0) is 23.8 Å². The summed E-state index contributed by atoms with van der Waals surface area (Å²) in [5.41, 5.74) is 0.00871. The van der Waals surface area contributed by atoms with Crippen LogP contribution in [0.3, 0.4) is 0 Å². The summed E-state index contributed by atoms with van der Waals surface area (Å²) in [6.07, 6.45) is 4.22. The second-order valence-electron chi connectivity index (χ2n) is 6.06. The zero-order valence-electron chi connectivity index (χ0n) is 14.2. The Morgan fingerprint density at radius 2 is 1.68 bits per heavy atom. The molecule has 2 aromatic carbocycles. The van der Waals surface area contributed by atoms with Gasteiger partial charge in [0.15, 0.2) is 11.6 Å². The van der Waals surface area contributed by atoms with Gasteiger partial charge in [0.25, 0.3) is 0 Å². The number of benzene rings is 2. The Kier molecular flexibility index (Phi) is 4.19. The lowest BCUT2D eigenvalue weighted by molar-refractivity contribution is 0.0695. The fourth-order valence-corrected chi connectivity index (χ4v) is 2.94.